The molecule has 0 fully saturated rings. The number of amides is 1. The van der Waals surface area contributed by atoms with Crippen molar-refractivity contribution in [2.75, 3.05) is 25.5 Å². The average Bonchev–Trinajstić information content (AvgIpc) is 2.43. The number of likely N-dealkylation sites (N-methyl/N-ethyl adjacent to an activating group) is 1. The van der Waals surface area contributed by atoms with E-state index in [0.717, 1.165) is 18.7 Å². The molecule has 0 aliphatic heterocycles. The van der Waals surface area contributed by atoms with Crippen molar-refractivity contribution in [1.82, 2.24) is 4.90 Å². The number of rotatable bonds is 4. The van der Waals surface area contributed by atoms with E-state index < -0.39 is 0 Å². The smallest absolute Gasteiger partial charge is 0.241 e. The molecule has 1 aromatic carbocycles. The van der Waals surface area contributed by atoms with Crippen LogP contribution in [-0.2, 0) is 17.6 Å². The second-order valence-electron chi connectivity index (χ2n) is 4.91. The lowest BCUT2D eigenvalue weighted by atomic mass is 9.90. The van der Waals surface area contributed by atoms with Crippen molar-refractivity contribution in [3.63, 3.8) is 0 Å². The van der Waals surface area contributed by atoms with Crippen molar-refractivity contribution in [1.29, 1.82) is 0 Å². The van der Waals surface area contributed by atoms with E-state index in [1.54, 1.807) is 4.90 Å². The molecule has 0 aromatic heterocycles. The number of aryl methyl sites for hydroxylation is 1. The van der Waals surface area contributed by atoms with Gasteiger partial charge in [-0.05, 0) is 49.8 Å². The van der Waals surface area contributed by atoms with E-state index in [1.165, 1.54) is 30.4 Å². The van der Waals surface area contributed by atoms with Gasteiger partial charge in [0, 0.05) is 19.3 Å². The normalized spacial score (nSPS) is 13.9. The summed E-state index contributed by atoms with van der Waals surface area (Å²) in [5.74, 6) is 0.144. The lowest BCUT2D eigenvalue weighted by molar-refractivity contribution is -0.127. The van der Waals surface area contributed by atoms with E-state index in [9.17, 15) is 4.79 Å². The lowest BCUT2D eigenvalue weighted by Crippen LogP contribution is -2.32. The summed E-state index contributed by atoms with van der Waals surface area (Å²) in [5.41, 5.74) is 4.00. The minimum atomic E-state index is 0.144. The van der Waals surface area contributed by atoms with E-state index in [4.69, 9.17) is 0 Å². The fraction of sp³-hybridized carbons (Fsp3) is 0.533. The van der Waals surface area contributed by atoms with Gasteiger partial charge in [0.15, 0.2) is 0 Å². The number of benzene rings is 1. The van der Waals surface area contributed by atoms with Gasteiger partial charge in [-0.2, -0.15) is 0 Å². The molecule has 1 amide bonds. The zero-order valence-corrected chi connectivity index (χ0v) is 11.3. The Balaban J connectivity index is 2.03. The number of nitrogens with zero attached hydrogens (tertiary/aromatic N) is 1. The van der Waals surface area contributed by atoms with Crippen LogP contribution in [0, 0.1) is 0 Å². The van der Waals surface area contributed by atoms with Gasteiger partial charge in [0.1, 0.15) is 0 Å². The summed E-state index contributed by atoms with van der Waals surface area (Å²) in [6.45, 7) is 3.14. The van der Waals surface area contributed by atoms with E-state index in [0.29, 0.717) is 6.54 Å². The predicted octanol–water partition coefficient (Wildman–Crippen LogP) is 2.46. The molecule has 1 N–H and O–H groups in total. The highest BCUT2D eigenvalue weighted by molar-refractivity contribution is 5.81. The van der Waals surface area contributed by atoms with Gasteiger partial charge < -0.3 is 10.2 Å². The summed E-state index contributed by atoms with van der Waals surface area (Å²) in [4.78, 5) is 13.5. The second-order valence-corrected chi connectivity index (χ2v) is 4.91. The molecule has 3 nitrogen and oxygen atoms in total. The number of carbonyl (C=O) groups excluding carboxylic acids is 1. The molecular weight excluding hydrogens is 224 g/mol. The molecule has 0 atom stereocenters. The Kier molecular flexibility index (Phi) is 4.24. The molecule has 0 bridgehead atoms. The number of carbonyl (C=O) groups is 1. The zero-order chi connectivity index (χ0) is 13.0. The standard InChI is InChI=1S/C15H22N2O/c1-3-17(2)15(18)11-16-14-10-6-8-12-7-4-5-9-13(12)14/h6,8,10,16H,3-5,7,9,11H2,1-2H3. The molecule has 0 saturated heterocycles. The van der Waals surface area contributed by atoms with Gasteiger partial charge in [0.05, 0.1) is 6.54 Å². The summed E-state index contributed by atoms with van der Waals surface area (Å²) >= 11 is 0. The van der Waals surface area contributed by atoms with E-state index in [1.807, 2.05) is 14.0 Å². The molecule has 18 heavy (non-hydrogen) atoms. The van der Waals surface area contributed by atoms with Gasteiger partial charge in [-0.15, -0.1) is 0 Å². The van der Waals surface area contributed by atoms with Gasteiger partial charge in [0.2, 0.25) is 5.91 Å². The quantitative estimate of drug-likeness (QED) is 0.885. The Morgan fingerprint density at radius 2 is 2.11 bits per heavy atom. The summed E-state index contributed by atoms with van der Waals surface area (Å²) in [7, 11) is 1.84. The van der Waals surface area contributed by atoms with Crippen LogP contribution >= 0.6 is 0 Å². The molecular formula is C15H22N2O. The van der Waals surface area contributed by atoms with Crippen LogP contribution in [0.2, 0.25) is 0 Å². The summed E-state index contributed by atoms with van der Waals surface area (Å²) in [6.07, 6.45) is 4.85. The number of fused-ring (bicyclic) bond motifs is 1. The van der Waals surface area contributed by atoms with Crippen molar-refractivity contribution in [2.45, 2.75) is 32.6 Å². The Morgan fingerprint density at radius 3 is 2.89 bits per heavy atom. The van der Waals surface area contributed by atoms with Crippen molar-refractivity contribution in [2.24, 2.45) is 0 Å². The van der Waals surface area contributed by atoms with E-state index in [2.05, 4.69) is 23.5 Å². The molecule has 0 saturated carbocycles. The Bertz CT molecular complexity index is 429. The third-order valence-electron chi connectivity index (χ3n) is 3.73. The first-order chi connectivity index (χ1) is 8.72. The van der Waals surface area contributed by atoms with Crippen LogP contribution in [0.4, 0.5) is 5.69 Å². The van der Waals surface area contributed by atoms with Crippen LogP contribution < -0.4 is 5.32 Å². The van der Waals surface area contributed by atoms with Crippen molar-refractivity contribution in [3.8, 4) is 0 Å². The van der Waals surface area contributed by atoms with Gasteiger partial charge in [-0.3, -0.25) is 4.79 Å². The fourth-order valence-electron chi connectivity index (χ4n) is 2.43. The highest BCUT2D eigenvalue weighted by Gasteiger charge is 2.13. The highest BCUT2D eigenvalue weighted by atomic mass is 16.2. The molecule has 1 aliphatic rings. The predicted molar refractivity (Wildman–Crippen MR) is 74.9 cm³/mol. The van der Waals surface area contributed by atoms with Gasteiger partial charge in [-0.25, -0.2) is 0 Å². The van der Waals surface area contributed by atoms with Gasteiger partial charge in [-0.1, -0.05) is 12.1 Å². The molecule has 3 heteroatoms. The van der Waals surface area contributed by atoms with Crippen molar-refractivity contribution < 1.29 is 4.79 Å². The van der Waals surface area contributed by atoms with Crippen LogP contribution in [0.25, 0.3) is 0 Å². The molecule has 0 unspecified atom stereocenters. The fourth-order valence-corrected chi connectivity index (χ4v) is 2.43. The minimum absolute atomic E-state index is 0.144. The van der Waals surface area contributed by atoms with Gasteiger partial charge >= 0.3 is 0 Å². The summed E-state index contributed by atoms with van der Waals surface area (Å²) in [6, 6.07) is 6.38. The van der Waals surface area contributed by atoms with Crippen molar-refractivity contribution in [3.05, 3.63) is 29.3 Å². The van der Waals surface area contributed by atoms with Crippen LogP contribution in [0.3, 0.4) is 0 Å². The Hall–Kier alpha value is -1.51. The van der Waals surface area contributed by atoms with Crippen LogP contribution in [0.15, 0.2) is 18.2 Å². The number of hydrogen-bond donors (Lipinski definition) is 1. The maximum Gasteiger partial charge on any atom is 0.241 e. The SMILES string of the molecule is CCN(C)C(=O)CNc1cccc2c1CCCC2. The second kappa shape index (κ2) is 5.89. The summed E-state index contributed by atoms with van der Waals surface area (Å²) < 4.78 is 0. The first kappa shape index (κ1) is 12.9. The van der Waals surface area contributed by atoms with E-state index >= 15 is 0 Å². The first-order valence-electron chi connectivity index (χ1n) is 6.81. The van der Waals surface area contributed by atoms with E-state index in [-0.39, 0.29) is 5.91 Å². The zero-order valence-electron chi connectivity index (χ0n) is 11.3. The number of hydrogen-bond acceptors (Lipinski definition) is 2. The number of nitrogens with one attached hydrogen (secondary N) is 1. The van der Waals surface area contributed by atoms with Crippen LogP contribution in [0.1, 0.15) is 30.9 Å². The minimum Gasteiger partial charge on any atom is -0.376 e. The molecule has 0 heterocycles. The molecule has 1 aliphatic carbocycles. The maximum absolute atomic E-state index is 11.8. The molecule has 0 radical (unpaired) electrons. The Morgan fingerprint density at radius 1 is 1.33 bits per heavy atom. The lowest BCUT2D eigenvalue weighted by Gasteiger charge is -2.21. The Labute approximate surface area is 109 Å². The number of anilines is 1. The molecule has 0 spiro atoms. The maximum atomic E-state index is 11.8. The third-order valence-corrected chi connectivity index (χ3v) is 3.73. The van der Waals surface area contributed by atoms with Crippen LogP contribution in [0.5, 0.6) is 0 Å². The summed E-state index contributed by atoms with van der Waals surface area (Å²) in [5, 5.41) is 3.30. The highest BCUT2D eigenvalue weighted by Crippen LogP contribution is 2.27. The van der Waals surface area contributed by atoms with Crippen molar-refractivity contribution >= 4 is 11.6 Å². The monoisotopic (exact) mass is 246 g/mol. The topological polar surface area (TPSA) is 32.3 Å². The first-order valence-corrected chi connectivity index (χ1v) is 6.81. The average molecular weight is 246 g/mol. The van der Waals surface area contributed by atoms with Crippen LogP contribution in [-0.4, -0.2) is 30.9 Å². The largest absolute Gasteiger partial charge is 0.376 e. The molecule has 1 aromatic rings. The van der Waals surface area contributed by atoms with Gasteiger partial charge in [0.25, 0.3) is 0 Å². The molecule has 98 valence electrons. The third kappa shape index (κ3) is 2.84. The molecule has 2 rings (SSSR count).